The summed E-state index contributed by atoms with van der Waals surface area (Å²) in [6.45, 7) is 2.68. The van der Waals surface area contributed by atoms with Crippen LogP contribution in [0.1, 0.15) is 19.8 Å². The maximum absolute atomic E-state index is 10.8. The van der Waals surface area contributed by atoms with Gasteiger partial charge in [0, 0.05) is 12.8 Å². The lowest BCUT2D eigenvalue weighted by Crippen LogP contribution is -2.00. The summed E-state index contributed by atoms with van der Waals surface area (Å²) in [7, 11) is 0. The maximum atomic E-state index is 10.8. The molecule has 1 radical (unpaired) electrons. The third-order valence-electron chi connectivity index (χ3n) is 1.29. The van der Waals surface area contributed by atoms with E-state index in [-0.39, 0.29) is 6.10 Å². The van der Waals surface area contributed by atoms with Crippen LogP contribution in [0.25, 0.3) is 0 Å². The molecule has 1 saturated heterocycles. The zero-order chi connectivity index (χ0) is 6.69. The molecule has 2 nitrogen and oxygen atoms in total. The Labute approximate surface area is 55.2 Å². The summed E-state index contributed by atoms with van der Waals surface area (Å²) in [6, 6.07) is 0. The number of hydrogen-bond donors (Lipinski definition) is 0. The predicted octanol–water partition coefficient (Wildman–Crippen LogP) is 0.959. The van der Waals surface area contributed by atoms with Gasteiger partial charge < -0.3 is 4.74 Å². The van der Waals surface area contributed by atoms with Crippen molar-refractivity contribution in [2.45, 2.75) is 25.9 Å². The molecule has 0 aromatic rings. The molecule has 0 bridgehead atoms. The highest BCUT2D eigenvalue weighted by Crippen LogP contribution is 2.14. The van der Waals surface area contributed by atoms with E-state index in [9.17, 15) is 4.79 Å². The molecule has 1 aliphatic heterocycles. The fourth-order valence-corrected chi connectivity index (χ4v) is 0.751. The monoisotopic (exact) mass is 127 g/mol. The van der Waals surface area contributed by atoms with Crippen molar-refractivity contribution in [1.82, 2.24) is 0 Å². The number of ether oxygens (including phenoxy) is 1. The number of epoxide rings is 1. The highest BCUT2D eigenvalue weighted by Gasteiger charge is 2.24. The van der Waals surface area contributed by atoms with Crippen molar-refractivity contribution in [3.8, 4) is 0 Å². The van der Waals surface area contributed by atoms with Crippen LogP contribution in [0.4, 0.5) is 0 Å². The standard InChI is InChI=1S/C7H11O2/c1-2-3-6(8)4-7-5-9-7/h2,7H,3-5H2,1H3. The molecule has 0 aromatic heterocycles. The zero-order valence-corrected chi connectivity index (χ0v) is 5.59. The van der Waals surface area contributed by atoms with E-state index in [1.54, 1.807) is 0 Å². The molecule has 1 aliphatic rings. The molecule has 51 valence electrons. The maximum Gasteiger partial charge on any atom is 0.135 e. The number of ketones is 1. The number of carbonyl (C=O) groups excluding carboxylic acids is 1. The van der Waals surface area contributed by atoms with Crippen LogP contribution >= 0.6 is 0 Å². The molecular formula is C7H11O2. The molecule has 1 heterocycles. The van der Waals surface area contributed by atoms with E-state index in [4.69, 9.17) is 4.74 Å². The Hall–Kier alpha value is -0.370. The smallest absolute Gasteiger partial charge is 0.135 e. The lowest BCUT2D eigenvalue weighted by molar-refractivity contribution is -0.118. The Morgan fingerprint density at radius 3 is 3.00 bits per heavy atom. The Bertz CT molecular complexity index is 105. The molecule has 9 heavy (non-hydrogen) atoms. The van der Waals surface area contributed by atoms with E-state index in [1.165, 1.54) is 0 Å². The molecular weight excluding hydrogens is 116 g/mol. The molecule has 1 rings (SSSR count). The van der Waals surface area contributed by atoms with Crippen LogP contribution in [0.5, 0.6) is 0 Å². The molecule has 0 N–H and O–H groups in total. The minimum Gasteiger partial charge on any atom is -0.373 e. The van der Waals surface area contributed by atoms with Gasteiger partial charge in [-0.15, -0.1) is 0 Å². The highest BCUT2D eigenvalue weighted by atomic mass is 16.6. The Balaban J connectivity index is 2.02. The van der Waals surface area contributed by atoms with Gasteiger partial charge in [-0.3, -0.25) is 4.79 Å². The van der Waals surface area contributed by atoms with Gasteiger partial charge in [-0.2, -0.15) is 0 Å². The van der Waals surface area contributed by atoms with E-state index in [2.05, 4.69) is 0 Å². The van der Waals surface area contributed by atoms with Crippen molar-refractivity contribution < 1.29 is 9.53 Å². The van der Waals surface area contributed by atoms with Gasteiger partial charge in [0.1, 0.15) is 5.78 Å². The van der Waals surface area contributed by atoms with Crippen molar-refractivity contribution in [3.05, 3.63) is 6.42 Å². The van der Waals surface area contributed by atoms with Crippen LogP contribution in [0.3, 0.4) is 0 Å². The normalized spacial score (nSPS) is 23.9. The number of Topliss-reactive ketones (excluding diaryl/α,β-unsaturated/α-hetero) is 1. The second kappa shape index (κ2) is 2.97. The van der Waals surface area contributed by atoms with Crippen molar-refractivity contribution in [1.29, 1.82) is 0 Å². The van der Waals surface area contributed by atoms with Crippen molar-refractivity contribution in [2.24, 2.45) is 0 Å². The average molecular weight is 127 g/mol. The molecule has 0 aliphatic carbocycles. The van der Waals surface area contributed by atoms with Crippen molar-refractivity contribution >= 4 is 5.78 Å². The first-order valence-electron chi connectivity index (χ1n) is 3.24. The van der Waals surface area contributed by atoms with E-state index in [1.807, 2.05) is 13.3 Å². The summed E-state index contributed by atoms with van der Waals surface area (Å²) in [5.41, 5.74) is 0. The minimum absolute atomic E-state index is 0.262. The summed E-state index contributed by atoms with van der Waals surface area (Å²) in [5.74, 6) is 0.292. The topological polar surface area (TPSA) is 29.6 Å². The fourth-order valence-electron chi connectivity index (χ4n) is 0.751. The molecule has 0 spiro atoms. The first kappa shape index (κ1) is 6.75. The van der Waals surface area contributed by atoms with E-state index < -0.39 is 0 Å². The van der Waals surface area contributed by atoms with Crippen LogP contribution in [0, 0.1) is 6.42 Å². The Morgan fingerprint density at radius 1 is 1.89 bits per heavy atom. The second-order valence-corrected chi connectivity index (χ2v) is 2.31. The second-order valence-electron chi connectivity index (χ2n) is 2.31. The minimum atomic E-state index is 0.262. The fraction of sp³-hybridized carbons (Fsp3) is 0.714. The van der Waals surface area contributed by atoms with Crippen LogP contribution < -0.4 is 0 Å². The number of rotatable bonds is 4. The first-order valence-corrected chi connectivity index (χ1v) is 3.24. The van der Waals surface area contributed by atoms with Gasteiger partial charge in [0.25, 0.3) is 0 Å². The van der Waals surface area contributed by atoms with Crippen LogP contribution in [0.15, 0.2) is 0 Å². The molecule has 2 heteroatoms. The van der Waals surface area contributed by atoms with E-state index >= 15 is 0 Å². The SMILES string of the molecule is C[CH]CC(=O)CC1CO1. The third-order valence-corrected chi connectivity index (χ3v) is 1.29. The number of hydrogen-bond acceptors (Lipinski definition) is 2. The third kappa shape index (κ3) is 2.61. The van der Waals surface area contributed by atoms with Gasteiger partial charge in [-0.1, -0.05) is 6.92 Å². The summed E-state index contributed by atoms with van der Waals surface area (Å²) >= 11 is 0. The average Bonchev–Trinajstić information content (AvgIpc) is 2.50. The van der Waals surface area contributed by atoms with Crippen molar-refractivity contribution in [3.63, 3.8) is 0 Å². The molecule has 1 atom stereocenters. The molecule has 0 aromatic carbocycles. The summed E-state index contributed by atoms with van der Waals surface area (Å²) in [5, 5.41) is 0. The molecule has 1 fully saturated rings. The Morgan fingerprint density at radius 2 is 2.56 bits per heavy atom. The van der Waals surface area contributed by atoms with Crippen LogP contribution in [0.2, 0.25) is 0 Å². The quantitative estimate of drug-likeness (QED) is 0.526. The van der Waals surface area contributed by atoms with Gasteiger partial charge >= 0.3 is 0 Å². The van der Waals surface area contributed by atoms with E-state index in [0.29, 0.717) is 18.6 Å². The van der Waals surface area contributed by atoms with Gasteiger partial charge in [0.05, 0.1) is 12.7 Å². The summed E-state index contributed by atoms with van der Waals surface area (Å²) in [4.78, 5) is 10.8. The lowest BCUT2D eigenvalue weighted by atomic mass is 10.1. The predicted molar refractivity (Wildman–Crippen MR) is 34.0 cm³/mol. The van der Waals surface area contributed by atoms with Crippen molar-refractivity contribution in [2.75, 3.05) is 6.61 Å². The van der Waals surface area contributed by atoms with Gasteiger partial charge in [-0.25, -0.2) is 0 Å². The number of carbonyl (C=O) groups is 1. The van der Waals surface area contributed by atoms with Crippen LogP contribution in [-0.2, 0) is 9.53 Å². The van der Waals surface area contributed by atoms with Gasteiger partial charge in [0.15, 0.2) is 0 Å². The highest BCUT2D eigenvalue weighted by molar-refractivity contribution is 5.80. The zero-order valence-electron chi connectivity index (χ0n) is 5.59. The lowest BCUT2D eigenvalue weighted by Gasteiger charge is -1.91. The van der Waals surface area contributed by atoms with Gasteiger partial charge in [-0.05, 0) is 6.42 Å². The Kier molecular flexibility index (Phi) is 2.22. The molecule has 0 saturated carbocycles. The largest absolute Gasteiger partial charge is 0.373 e. The molecule has 0 amide bonds. The summed E-state index contributed by atoms with van der Waals surface area (Å²) in [6.07, 6.45) is 3.35. The molecule has 1 unspecified atom stereocenters. The first-order chi connectivity index (χ1) is 4.33. The van der Waals surface area contributed by atoms with Crippen LogP contribution in [-0.4, -0.2) is 18.5 Å². The van der Waals surface area contributed by atoms with Gasteiger partial charge in [0.2, 0.25) is 0 Å². The summed E-state index contributed by atoms with van der Waals surface area (Å²) < 4.78 is 4.89. The van der Waals surface area contributed by atoms with E-state index in [0.717, 1.165) is 6.61 Å².